The maximum atomic E-state index is 12.6. The summed E-state index contributed by atoms with van der Waals surface area (Å²) in [6.45, 7) is 5.44. The molecule has 8 nitrogen and oxygen atoms in total. The van der Waals surface area contributed by atoms with Crippen molar-refractivity contribution in [2.75, 3.05) is 18.4 Å². The minimum atomic E-state index is 0.0163. The van der Waals surface area contributed by atoms with Gasteiger partial charge in [0, 0.05) is 42.1 Å². The van der Waals surface area contributed by atoms with Crippen LogP contribution in [0.1, 0.15) is 39.7 Å². The highest BCUT2D eigenvalue weighted by molar-refractivity contribution is 7.15. The lowest BCUT2D eigenvalue weighted by molar-refractivity contribution is 0.0666. The molecular weight excluding hydrogens is 374 g/mol. The molecule has 0 unspecified atom stereocenters. The van der Waals surface area contributed by atoms with Crippen molar-refractivity contribution in [1.29, 1.82) is 0 Å². The maximum Gasteiger partial charge on any atom is 0.271 e. The van der Waals surface area contributed by atoms with Gasteiger partial charge < -0.3 is 10.2 Å². The molecule has 3 aromatic rings. The van der Waals surface area contributed by atoms with Gasteiger partial charge in [-0.1, -0.05) is 0 Å². The Morgan fingerprint density at radius 1 is 1.39 bits per heavy atom. The van der Waals surface area contributed by atoms with Gasteiger partial charge in [0.05, 0.1) is 0 Å². The van der Waals surface area contributed by atoms with Crippen molar-refractivity contribution in [1.82, 2.24) is 30.0 Å². The van der Waals surface area contributed by atoms with Crippen LogP contribution in [0, 0.1) is 19.8 Å². The molecule has 2 N–H and O–H groups in total. The van der Waals surface area contributed by atoms with Crippen LogP contribution in [-0.4, -0.2) is 49.0 Å². The van der Waals surface area contributed by atoms with Crippen LogP contribution >= 0.6 is 11.3 Å². The second kappa shape index (κ2) is 8.05. The van der Waals surface area contributed by atoms with Crippen LogP contribution in [-0.2, 0) is 6.42 Å². The van der Waals surface area contributed by atoms with E-state index in [0.29, 0.717) is 11.6 Å². The van der Waals surface area contributed by atoms with E-state index in [1.165, 1.54) is 0 Å². The van der Waals surface area contributed by atoms with Crippen LogP contribution in [0.4, 0.5) is 10.9 Å². The number of aromatic amines is 1. The summed E-state index contributed by atoms with van der Waals surface area (Å²) in [5.74, 6) is 1.89. The molecule has 1 fully saturated rings. The van der Waals surface area contributed by atoms with Crippen LogP contribution in [0.3, 0.4) is 0 Å². The number of amides is 1. The zero-order valence-corrected chi connectivity index (χ0v) is 16.8. The Bertz CT molecular complexity index is 953. The Morgan fingerprint density at radius 3 is 3.04 bits per heavy atom. The van der Waals surface area contributed by atoms with Gasteiger partial charge in [-0.15, -0.1) is 11.3 Å². The molecule has 1 aliphatic heterocycles. The van der Waals surface area contributed by atoms with Crippen LogP contribution in [0.5, 0.6) is 0 Å². The number of piperidine rings is 1. The fourth-order valence-electron chi connectivity index (χ4n) is 3.58. The first-order chi connectivity index (χ1) is 13.6. The van der Waals surface area contributed by atoms with Gasteiger partial charge in [0.25, 0.3) is 5.91 Å². The fraction of sp³-hybridized carbons (Fsp3) is 0.421. The highest BCUT2D eigenvalue weighted by atomic mass is 32.1. The van der Waals surface area contributed by atoms with Gasteiger partial charge in [-0.25, -0.2) is 15.0 Å². The number of nitrogens with one attached hydrogen (secondary N) is 2. The van der Waals surface area contributed by atoms with E-state index in [-0.39, 0.29) is 5.91 Å². The van der Waals surface area contributed by atoms with Crippen LogP contribution in [0.25, 0.3) is 0 Å². The molecule has 146 valence electrons. The van der Waals surface area contributed by atoms with Crippen molar-refractivity contribution in [3.8, 4) is 0 Å². The number of carbonyl (C=O) groups excluding carboxylic acids is 1. The maximum absolute atomic E-state index is 12.6. The number of aromatic nitrogens is 5. The Morgan fingerprint density at radius 2 is 2.29 bits per heavy atom. The van der Waals surface area contributed by atoms with Crippen molar-refractivity contribution >= 4 is 28.2 Å². The topological polar surface area (TPSA) is 99.7 Å². The van der Waals surface area contributed by atoms with Crippen molar-refractivity contribution in [2.45, 2.75) is 33.1 Å². The van der Waals surface area contributed by atoms with Crippen LogP contribution < -0.4 is 5.32 Å². The summed E-state index contributed by atoms with van der Waals surface area (Å²) >= 11 is 1.60. The molecule has 0 saturated carbocycles. The Hall–Kier alpha value is -2.81. The van der Waals surface area contributed by atoms with Gasteiger partial charge in [-0.3, -0.25) is 9.89 Å². The molecule has 9 heteroatoms. The molecule has 4 heterocycles. The van der Waals surface area contributed by atoms with E-state index in [1.54, 1.807) is 23.6 Å². The number of nitrogens with zero attached hydrogens (tertiary/aromatic N) is 5. The Balaban J connectivity index is 1.43. The second-order valence-electron chi connectivity index (χ2n) is 7.13. The summed E-state index contributed by atoms with van der Waals surface area (Å²) in [7, 11) is 0. The average Bonchev–Trinajstić information content (AvgIpc) is 3.33. The summed E-state index contributed by atoms with van der Waals surface area (Å²) < 4.78 is 0. The fourth-order valence-corrected chi connectivity index (χ4v) is 4.25. The van der Waals surface area contributed by atoms with E-state index in [9.17, 15) is 4.79 Å². The summed E-state index contributed by atoms with van der Waals surface area (Å²) in [5, 5.41) is 10.7. The largest absolute Gasteiger partial charge is 0.337 e. The third-order valence-electron chi connectivity index (χ3n) is 4.78. The Kier molecular flexibility index (Phi) is 5.34. The molecule has 0 bridgehead atoms. The molecule has 4 rings (SSSR count). The number of H-pyrrole nitrogens is 1. The molecule has 0 radical (unpaired) electrons. The zero-order chi connectivity index (χ0) is 19.5. The zero-order valence-electron chi connectivity index (χ0n) is 16.0. The minimum Gasteiger partial charge on any atom is -0.337 e. The molecule has 1 saturated heterocycles. The van der Waals surface area contributed by atoms with E-state index in [0.717, 1.165) is 59.7 Å². The van der Waals surface area contributed by atoms with E-state index < -0.39 is 0 Å². The standard InChI is InChI=1S/C19H23N7OS/c1-12-10-20-19(28-12)24-17-9-15(22-13(2)23-17)8-14-4-3-7-26(11-14)18(27)16-5-6-21-25-16/h5-6,9-10,14H,3-4,7-8,11H2,1-2H3,(H,21,25)(H,20,22,23,24)/t14-/m0/s1. The summed E-state index contributed by atoms with van der Waals surface area (Å²) in [4.78, 5) is 29.1. The first-order valence-corrected chi connectivity index (χ1v) is 10.2. The molecular formula is C19H23N7OS. The number of rotatable bonds is 5. The van der Waals surface area contributed by atoms with Gasteiger partial charge in [0.15, 0.2) is 5.13 Å². The number of anilines is 2. The monoisotopic (exact) mass is 397 g/mol. The van der Waals surface area contributed by atoms with Gasteiger partial charge in [0.1, 0.15) is 17.3 Å². The van der Waals surface area contributed by atoms with Crippen molar-refractivity contribution in [2.24, 2.45) is 5.92 Å². The first kappa shape index (κ1) is 18.5. The van der Waals surface area contributed by atoms with E-state index >= 15 is 0 Å². The number of aryl methyl sites for hydroxylation is 2. The molecule has 1 amide bonds. The molecule has 0 spiro atoms. The first-order valence-electron chi connectivity index (χ1n) is 9.39. The van der Waals surface area contributed by atoms with Crippen molar-refractivity contribution < 1.29 is 4.79 Å². The van der Waals surface area contributed by atoms with Crippen molar-refractivity contribution in [3.05, 3.63) is 46.6 Å². The third kappa shape index (κ3) is 4.36. The summed E-state index contributed by atoms with van der Waals surface area (Å²) in [6.07, 6.45) is 6.36. The molecule has 28 heavy (non-hydrogen) atoms. The highest BCUT2D eigenvalue weighted by Crippen LogP contribution is 2.24. The van der Waals surface area contributed by atoms with E-state index in [2.05, 4.69) is 30.5 Å². The lowest BCUT2D eigenvalue weighted by Crippen LogP contribution is -2.40. The van der Waals surface area contributed by atoms with Gasteiger partial charge in [-0.2, -0.15) is 5.10 Å². The summed E-state index contributed by atoms with van der Waals surface area (Å²) in [6, 6.07) is 3.71. The van der Waals surface area contributed by atoms with Crippen LogP contribution in [0.15, 0.2) is 24.5 Å². The normalized spacial score (nSPS) is 16.9. The number of hydrogen-bond donors (Lipinski definition) is 2. The van der Waals surface area contributed by atoms with Gasteiger partial charge in [-0.05, 0) is 45.1 Å². The van der Waals surface area contributed by atoms with Gasteiger partial charge in [0.2, 0.25) is 0 Å². The second-order valence-corrected chi connectivity index (χ2v) is 8.36. The smallest absolute Gasteiger partial charge is 0.271 e. The predicted molar refractivity (Wildman–Crippen MR) is 108 cm³/mol. The SMILES string of the molecule is Cc1nc(C[C@@H]2CCCN(C(=O)c3ccn[nH]3)C2)cc(Nc2ncc(C)s2)n1. The number of hydrogen-bond acceptors (Lipinski definition) is 7. The third-order valence-corrected chi connectivity index (χ3v) is 5.61. The van der Waals surface area contributed by atoms with Gasteiger partial charge >= 0.3 is 0 Å². The highest BCUT2D eigenvalue weighted by Gasteiger charge is 2.25. The molecule has 1 aliphatic rings. The van der Waals surface area contributed by atoms with E-state index in [1.807, 2.05) is 31.0 Å². The van der Waals surface area contributed by atoms with Crippen LogP contribution in [0.2, 0.25) is 0 Å². The number of thiazole rings is 1. The number of likely N-dealkylation sites (tertiary alicyclic amines) is 1. The minimum absolute atomic E-state index is 0.0163. The quantitative estimate of drug-likeness (QED) is 0.686. The average molecular weight is 398 g/mol. The molecule has 3 aromatic heterocycles. The molecule has 0 aromatic carbocycles. The lowest BCUT2D eigenvalue weighted by Gasteiger charge is -2.32. The summed E-state index contributed by atoms with van der Waals surface area (Å²) in [5.41, 5.74) is 1.54. The predicted octanol–water partition coefficient (Wildman–Crippen LogP) is 3.11. The lowest BCUT2D eigenvalue weighted by atomic mass is 9.93. The molecule has 1 atom stereocenters. The Labute approximate surface area is 167 Å². The van der Waals surface area contributed by atoms with E-state index in [4.69, 9.17) is 0 Å². The number of carbonyl (C=O) groups is 1. The van der Waals surface area contributed by atoms with Crippen molar-refractivity contribution in [3.63, 3.8) is 0 Å². The molecule has 0 aliphatic carbocycles.